The molecular weight excluding hydrogens is 370 g/mol. The molecular formula is C23H31NO5. The van der Waals surface area contributed by atoms with Crippen LogP contribution in [-0.4, -0.2) is 39.2 Å². The van der Waals surface area contributed by atoms with Crippen LogP contribution in [-0.2, 0) is 20.7 Å². The summed E-state index contributed by atoms with van der Waals surface area (Å²) >= 11 is 0. The fraction of sp³-hybridized carbons (Fsp3) is 0.652. The van der Waals surface area contributed by atoms with Crippen LogP contribution in [0.3, 0.4) is 0 Å². The summed E-state index contributed by atoms with van der Waals surface area (Å²) in [6.07, 6.45) is 8.00. The van der Waals surface area contributed by atoms with Crippen LogP contribution < -0.4 is 14.8 Å². The zero-order valence-corrected chi connectivity index (χ0v) is 17.4. The van der Waals surface area contributed by atoms with Crippen LogP contribution in [0.2, 0.25) is 0 Å². The van der Waals surface area contributed by atoms with Gasteiger partial charge in [-0.15, -0.1) is 0 Å². The number of benzene rings is 1. The van der Waals surface area contributed by atoms with Crippen LogP contribution in [0.5, 0.6) is 11.5 Å². The fourth-order valence-electron chi connectivity index (χ4n) is 6.20. The first-order valence-corrected chi connectivity index (χ1v) is 10.6. The summed E-state index contributed by atoms with van der Waals surface area (Å²) in [5, 5.41) is 3.04. The van der Waals surface area contributed by atoms with Crippen molar-refractivity contribution in [2.45, 2.75) is 44.9 Å². The van der Waals surface area contributed by atoms with E-state index < -0.39 is 5.97 Å². The molecule has 0 atom stereocenters. The molecule has 0 saturated heterocycles. The maximum absolute atomic E-state index is 12.3. The number of hydrogen-bond donors (Lipinski definition) is 1. The second kappa shape index (κ2) is 8.25. The van der Waals surface area contributed by atoms with Gasteiger partial charge in [0, 0.05) is 6.54 Å². The zero-order valence-electron chi connectivity index (χ0n) is 17.4. The average Bonchev–Trinajstić information content (AvgIpc) is 2.69. The standard InChI is InChI=1S/C23H31NO5/c1-27-19-4-3-15(8-20(19)28-2)9-22(26)29-13-21(25)24-14-23-10-16-5-17(11-23)7-18(6-16)12-23/h3-4,8,16-18H,5-7,9-14H2,1-2H3,(H,24,25). The van der Waals surface area contributed by atoms with E-state index >= 15 is 0 Å². The number of hydrogen-bond acceptors (Lipinski definition) is 5. The van der Waals surface area contributed by atoms with E-state index in [1.165, 1.54) is 38.5 Å². The molecule has 1 aromatic rings. The first-order chi connectivity index (χ1) is 14.0. The molecule has 0 heterocycles. The molecule has 5 rings (SSSR count). The molecule has 0 aliphatic heterocycles. The van der Waals surface area contributed by atoms with Crippen LogP contribution in [0.1, 0.15) is 44.1 Å². The van der Waals surface area contributed by atoms with E-state index in [4.69, 9.17) is 14.2 Å². The predicted molar refractivity (Wildman–Crippen MR) is 108 cm³/mol. The van der Waals surface area contributed by atoms with Crippen molar-refractivity contribution in [1.82, 2.24) is 5.32 Å². The van der Waals surface area contributed by atoms with Gasteiger partial charge in [-0.05, 0) is 79.4 Å². The zero-order chi connectivity index (χ0) is 20.4. The Hall–Kier alpha value is -2.24. The predicted octanol–water partition coefficient (Wildman–Crippen LogP) is 3.12. The van der Waals surface area contributed by atoms with Crippen molar-refractivity contribution in [1.29, 1.82) is 0 Å². The Kier molecular flexibility index (Phi) is 5.70. The largest absolute Gasteiger partial charge is 0.493 e. The molecule has 1 amide bonds. The topological polar surface area (TPSA) is 73.9 Å². The third-order valence-corrected chi connectivity index (χ3v) is 6.99. The minimum Gasteiger partial charge on any atom is -0.493 e. The van der Waals surface area contributed by atoms with Gasteiger partial charge in [-0.1, -0.05) is 6.07 Å². The van der Waals surface area contributed by atoms with E-state index in [0.29, 0.717) is 11.5 Å². The minimum atomic E-state index is -0.429. The molecule has 6 nitrogen and oxygen atoms in total. The van der Waals surface area contributed by atoms with Crippen LogP contribution in [0.15, 0.2) is 18.2 Å². The van der Waals surface area contributed by atoms with E-state index in [1.807, 2.05) is 0 Å². The number of esters is 1. The molecule has 4 fully saturated rings. The van der Waals surface area contributed by atoms with Gasteiger partial charge in [-0.3, -0.25) is 9.59 Å². The summed E-state index contributed by atoms with van der Waals surface area (Å²) < 4.78 is 15.6. The molecule has 4 saturated carbocycles. The minimum absolute atomic E-state index is 0.0859. The van der Waals surface area contributed by atoms with Crippen molar-refractivity contribution in [3.63, 3.8) is 0 Å². The van der Waals surface area contributed by atoms with Gasteiger partial charge in [0.2, 0.25) is 0 Å². The summed E-state index contributed by atoms with van der Waals surface area (Å²) in [6.45, 7) is 0.501. The molecule has 4 aliphatic carbocycles. The number of amides is 1. The SMILES string of the molecule is COc1ccc(CC(=O)OCC(=O)NCC23CC4CC(CC(C4)C2)C3)cc1OC. The van der Waals surface area contributed by atoms with Crippen molar-refractivity contribution in [3.05, 3.63) is 23.8 Å². The maximum atomic E-state index is 12.3. The van der Waals surface area contributed by atoms with Gasteiger partial charge in [-0.2, -0.15) is 0 Å². The Bertz CT molecular complexity index is 739. The van der Waals surface area contributed by atoms with E-state index in [-0.39, 0.29) is 24.3 Å². The molecule has 158 valence electrons. The van der Waals surface area contributed by atoms with Crippen LogP contribution in [0.25, 0.3) is 0 Å². The molecule has 0 aromatic heterocycles. The molecule has 29 heavy (non-hydrogen) atoms. The number of nitrogens with one attached hydrogen (secondary N) is 1. The Morgan fingerprint density at radius 2 is 1.62 bits per heavy atom. The Morgan fingerprint density at radius 3 is 2.21 bits per heavy atom. The first-order valence-electron chi connectivity index (χ1n) is 10.6. The molecule has 4 aliphatic rings. The molecule has 4 bridgehead atoms. The lowest BCUT2D eigenvalue weighted by atomic mass is 9.49. The second-order valence-corrected chi connectivity index (χ2v) is 9.22. The fourth-order valence-corrected chi connectivity index (χ4v) is 6.20. The Morgan fingerprint density at radius 1 is 1.00 bits per heavy atom. The van der Waals surface area contributed by atoms with Crippen molar-refractivity contribution in [2.75, 3.05) is 27.4 Å². The van der Waals surface area contributed by atoms with E-state index in [1.54, 1.807) is 32.4 Å². The lowest BCUT2D eigenvalue weighted by Gasteiger charge is -2.56. The highest BCUT2D eigenvalue weighted by atomic mass is 16.5. The van der Waals surface area contributed by atoms with Crippen molar-refractivity contribution < 1.29 is 23.8 Å². The van der Waals surface area contributed by atoms with Gasteiger partial charge in [0.25, 0.3) is 5.91 Å². The lowest BCUT2D eigenvalue weighted by Crippen LogP contribution is -2.51. The molecule has 1 aromatic carbocycles. The van der Waals surface area contributed by atoms with Crippen LogP contribution in [0.4, 0.5) is 0 Å². The quantitative estimate of drug-likeness (QED) is 0.678. The molecule has 6 heteroatoms. The van der Waals surface area contributed by atoms with Gasteiger partial charge in [0.1, 0.15) is 0 Å². The number of rotatable bonds is 8. The summed E-state index contributed by atoms with van der Waals surface area (Å²) in [4.78, 5) is 24.4. The van der Waals surface area contributed by atoms with Crippen molar-refractivity contribution in [3.8, 4) is 11.5 Å². The van der Waals surface area contributed by atoms with Gasteiger partial charge in [-0.25, -0.2) is 0 Å². The van der Waals surface area contributed by atoms with Crippen molar-refractivity contribution >= 4 is 11.9 Å². The monoisotopic (exact) mass is 401 g/mol. The Labute approximate surface area is 172 Å². The normalized spacial score (nSPS) is 29.4. The van der Waals surface area contributed by atoms with E-state index in [0.717, 1.165) is 29.9 Å². The number of carbonyl (C=O) groups is 2. The van der Waals surface area contributed by atoms with Gasteiger partial charge >= 0.3 is 5.97 Å². The summed E-state index contributed by atoms with van der Waals surface area (Å²) in [7, 11) is 3.11. The van der Waals surface area contributed by atoms with Crippen LogP contribution in [0, 0.1) is 23.2 Å². The van der Waals surface area contributed by atoms with Crippen molar-refractivity contribution in [2.24, 2.45) is 23.2 Å². The average molecular weight is 402 g/mol. The third-order valence-electron chi connectivity index (χ3n) is 6.99. The van der Waals surface area contributed by atoms with Gasteiger partial charge in [0.05, 0.1) is 20.6 Å². The van der Waals surface area contributed by atoms with Gasteiger partial charge < -0.3 is 19.5 Å². The Balaban J connectivity index is 1.22. The number of methoxy groups -OCH3 is 2. The van der Waals surface area contributed by atoms with E-state index in [9.17, 15) is 9.59 Å². The summed E-state index contributed by atoms with van der Waals surface area (Å²) in [5.74, 6) is 3.11. The first kappa shape index (κ1) is 20.0. The molecule has 0 unspecified atom stereocenters. The lowest BCUT2D eigenvalue weighted by molar-refractivity contribution is -0.148. The smallest absolute Gasteiger partial charge is 0.310 e. The van der Waals surface area contributed by atoms with Gasteiger partial charge in [0.15, 0.2) is 18.1 Å². The summed E-state index contributed by atoms with van der Waals surface area (Å²) in [6, 6.07) is 5.28. The highest BCUT2D eigenvalue weighted by Crippen LogP contribution is 2.59. The molecule has 0 spiro atoms. The maximum Gasteiger partial charge on any atom is 0.310 e. The summed E-state index contributed by atoms with van der Waals surface area (Å²) in [5.41, 5.74) is 1.04. The number of ether oxygens (including phenoxy) is 3. The van der Waals surface area contributed by atoms with E-state index in [2.05, 4.69) is 5.32 Å². The number of carbonyl (C=O) groups excluding carboxylic acids is 2. The molecule has 1 N–H and O–H groups in total. The highest BCUT2D eigenvalue weighted by molar-refractivity contribution is 5.81. The second-order valence-electron chi connectivity index (χ2n) is 9.22. The van der Waals surface area contributed by atoms with Crippen LogP contribution >= 0.6 is 0 Å². The highest BCUT2D eigenvalue weighted by Gasteiger charge is 2.50. The molecule has 0 radical (unpaired) electrons. The third kappa shape index (κ3) is 4.51.